The molecule has 0 heterocycles. The maximum Gasteiger partial charge on any atom is 0.364 e. The van der Waals surface area contributed by atoms with Gasteiger partial charge < -0.3 is 5.73 Å². The lowest BCUT2D eigenvalue weighted by molar-refractivity contribution is 0.380. The van der Waals surface area contributed by atoms with E-state index in [-0.39, 0.29) is 3.89 Å². The number of nitrogen functional groups attached to an aromatic ring is 1. The van der Waals surface area contributed by atoms with Crippen LogP contribution in [0.15, 0.2) is 84.9 Å². The van der Waals surface area contributed by atoms with Crippen molar-refractivity contribution in [1.29, 1.82) is 0 Å². The van der Waals surface area contributed by atoms with Gasteiger partial charge in [-0.15, -0.1) is 0 Å². The van der Waals surface area contributed by atoms with Crippen molar-refractivity contribution in [2.75, 3.05) is 5.73 Å². The Hall–Kier alpha value is -2.47. The Balaban J connectivity index is 2.12. The summed E-state index contributed by atoms with van der Waals surface area (Å²) in [6.45, 7) is 0.782. The van der Waals surface area contributed by atoms with Crippen molar-refractivity contribution >= 4 is 22.6 Å². The highest BCUT2D eigenvalue weighted by Gasteiger charge is 2.38. The lowest BCUT2D eigenvalue weighted by Crippen LogP contribution is -2.49. The van der Waals surface area contributed by atoms with E-state index in [1.165, 1.54) is 0 Å². The van der Waals surface area contributed by atoms with E-state index >= 15 is 0 Å². The molecule has 0 spiro atoms. The van der Waals surface area contributed by atoms with Gasteiger partial charge in [0.25, 0.3) is 0 Å². The van der Waals surface area contributed by atoms with Crippen LogP contribution in [0.5, 0.6) is 0 Å². The second-order valence-corrected chi connectivity index (χ2v) is 7.16. The fourth-order valence-corrected chi connectivity index (χ4v) is 3.79. The van der Waals surface area contributed by atoms with Crippen LogP contribution in [0.25, 0.3) is 0 Å². The molecule has 3 N–H and O–H groups in total. The zero-order valence-corrected chi connectivity index (χ0v) is 14.6. The van der Waals surface area contributed by atoms with Crippen LogP contribution in [0.1, 0.15) is 11.1 Å². The smallest absolute Gasteiger partial charge is 0.364 e. The number of nitrogens with zero attached hydrogens (tertiary/aromatic N) is 1. The van der Waals surface area contributed by atoms with Crippen LogP contribution < -0.4 is 9.62 Å². The first-order chi connectivity index (χ1) is 12.1. The van der Waals surface area contributed by atoms with Crippen LogP contribution in [-0.2, 0) is 24.4 Å². The predicted octanol–water partition coefficient (Wildman–Crippen LogP) is 4.11. The summed E-state index contributed by atoms with van der Waals surface area (Å²) < 4.78 is 22.8. The van der Waals surface area contributed by atoms with Gasteiger partial charge in [0, 0.05) is 28.9 Å². The third kappa shape index (κ3) is 3.96. The number of rotatable bonds is 6. The van der Waals surface area contributed by atoms with Crippen LogP contribution in [0.4, 0.5) is 11.4 Å². The Morgan fingerprint density at radius 3 is 1.76 bits per heavy atom. The fourth-order valence-electron chi connectivity index (χ4n) is 2.97. The molecule has 0 saturated carbocycles. The second-order valence-electron chi connectivity index (χ2n) is 6.00. The average Bonchev–Trinajstić information content (AvgIpc) is 2.62. The number of nitrogens with two attached hydrogens (primary N) is 1. The highest BCUT2D eigenvalue weighted by atomic mass is 32.2. The van der Waals surface area contributed by atoms with E-state index < -0.39 is 11.3 Å². The molecule has 3 aromatic rings. The number of anilines is 1. The van der Waals surface area contributed by atoms with Gasteiger partial charge in [0.15, 0.2) is 5.69 Å². The lowest BCUT2D eigenvalue weighted by atomic mass is 10.1. The minimum atomic E-state index is -2.14. The number of benzene rings is 3. The van der Waals surface area contributed by atoms with Gasteiger partial charge in [-0.05, 0) is 6.07 Å². The molecule has 25 heavy (non-hydrogen) atoms. The standard InChI is InChI=1S/C20H20N2O2S/c21-19-12-7-13-20(14-19)22(25(23)24,15-17-8-3-1-4-9-17)16-18-10-5-2-6-11-18/h1-14H,15-16,21H2/p+1. The van der Waals surface area contributed by atoms with Gasteiger partial charge in [0.2, 0.25) is 0 Å². The van der Waals surface area contributed by atoms with E-state index in [1.54, 1.807) is 12.1 Å². The van der Waals surface area contributed by atoms with Crippen LogP contribution >= 0.6 is 0 Å². The molecule has 0 aliphatic carbocycles. The molecule has 0 amide bonds. The Kier molecular flexibility index (Phi) is 5.28. The number of quaternary nitrogens is 1. The minimum absolute atomic E-state index is 0.126. The summed E-state index contributed by atoms with van der Waals surface area (Å²) in [4.78, 5) is 0. The molecule has 3 aromatic carbocycles. The highest BCUT2D eigenvalue weighted by molar-refractivity contribution is 7.78. The number of hydrogen-bond acceptors (Lipinski definition) is 2. The SMILES string of the molecule is Nc1cccc([N+](Cc2ccccc2)(Cc2ccccc2)S(=O)O)c1. The van der Waals surface area contributed by atoms with Crippen LogP contribution in [0.3, 0.4) is 0 Å². The lowest BCUT2D eigenvalue weighted by Gasteiger charge is -2.33. The van der Waals surface area contributed by atoms with E-state index in [2.05, 4.69) is 0 Å². The van der Waals surface area contributed by atoms with Crippen molar-refractivity contribution in [2.24, 2.45) is 0 Å². The van der Waals surface area contributed by atoms with Crippen molar-refractivity contribution in [2.45, 2.75) is 13.1 Å². The third-order valence-electron chi connectivity index (χ3n) is 4.20. The van der Waals surface area contributed by atoms with Crippen LogP contribution in [0.2, 0.25) is 0 Å². The van der Waals surface area contributed by atoms with Gasteiger partial charge in [-0.2, -0.15) is 8.10 Å². The summed E-state index contributed by atoms with van der Waals surface area (Å²) in [6.07, 6.45) is 0. The molecule has 0 aliphatic rings. The van der Waals surface area contributed by atoms with Crippen LogP contribution in [-0.4, -0.2) is 8.76 Å². The van der Waals surface area contributed by atoms with E-state index in [0.29, 0.717) is 24.5 Å². The second kappa shape index (κ2) is 7.61. The van der Waals surface area contributed by atoms with E-state index in [9.17, 15) is 8.76 Å². The predicted molar refractivity (Wildman–Crippen MR) is 104 cm³/mol. The van der Waals surface area contributed by atoms with E-state index in [0.717, 1.165) is 11.1 Å². The molecule has 3 rings (SSSR count). The monoisotopic (exact) mass is 353 g/mol. The Bertz CT molecular complexity index is 812. The molecular weight excluding hydrogens is 332 g/mol. The zero-order valence-electron chi connectivity index (χ0n) is 13.8. The Labute approximate surface area is 150 Å². The quantitative estimate of drug-likeness (QED) is 0.398. The average molecular weight is 353 g/mol. The Morgan fingerprint density at radius 2 is 1.32 bits per heavy atom. The normalized spacial score (nSPS) is 12.7. The van der Waals surface area contributed by atoms with Gasteiger partial charge in [0.05, 0.1) is 0 Å². The molecule has 0 radical (unpaired) electrons. The number of hydrogen-bond donors (Lipinski definition) is 2. The molecular formula is C20H21N2O2S+. The van der Waals surface area contributed by atoms with Gasteiger partial charge in [-0.1, -0.05) is 66.7 Å². The van der Waals surface area contributed by atoms with E-state index in [1.807, 2.05) is 72.8 Å². The first kappa shape index (κ1) is 17.4. The summed E-state index contributed by atoms with van der Waals surface area (Å²) in [5, 5.41) is 0. The van der Waals surface area contributed by atoms with Crippen molar-refractivity contribution < 1.29 is 8.76 Å². The van der Waals surface area contributed by atoms with Crippen molar-refractivity contribution in [3.05, 3.63) is 96.1 Å². The summed E-state index contributed by atoms with van der Waals surface area (Å²) >= 11 is -2.14. The molecule has 0 saturated heterocycles. The van der Waals surface area contributed by atoms with Gasteiger partial charge >= 0.3 is 11.3 Å². The van der Waals surface area contributed by atoms with Crippen molar-refractivity contribution in [1.82, 2.24) is 3.89 Å². The van der Waals surface area contributed by atoms with Crippen LogP contribution in [0, 0.1) is 0 Å². The van der Waals surface area contributed by atoms with E-state index in [4.69, 9.17) is 5.73 Å². The summed E-state index contributed by atoms with van der Waals surface area (Å²) in [5.74, 6) is 0. The fraction of sp³-hybridized carbons (Fsp3) is 0.100. The molecule has 5 heteroatoms. The minimum Gasteiger partial charge on any atom is -0.399 e. The van der Waals surface area contributed by atoms with Gasteiger partial charge in [-0.25, -0.2) is 0 Å². The molecule has 0 fully saturated rings. The zero-order chi connectivity index (χ0) is 17.7. The third-order valence-corrected chi connectivity index (χ3v) is 5.27. The molecule has 4 nitrogen and oxygen atoms in total. The Morgan fingerprint density at radius 1 is 0.800 bits per heavy atom. The first-order valence-electron chi connectivity index (χ1n) is 8.03. The maximum absolute atomic E-state index is 12.6. The molecule has 0 aromatic heterocycles. The summed E-state index contributed by atoms with van der Waals surface area (Å²) in [6, 6.07) is 26.7. The van der Waals surface area contributed by atoms with Gasteiger partial charge in [-0.3, -0.25) is 4.55 Å². The molecule has 128 valence electrons. The van der Waals surface area contributed by atoms with Crippen molar-refractivity contribution in [3.8, 4) is 0 Å². The molecule has 0 bridgehead atoms. The summed E-state index contributed by atoms with van der Waals surface area (Å²) in [7, 11) is 0. The summed E-state index contributed by atoms with van der Waals surface area (Å²) in [5.41, 5.74) is 9.22. The molecule has 1 unspecified atom stereocenters. The van der Waals surface area contributed by atoms with Gasteiger partial charge in [0.1, 0.15) is 13.1 Å². The molecule has 0 aliphatic heterocycles. The topological polar surface area (TPSA) is 63.3 Å². The molecule has 1 atom stereocenters. The highest BCUT2D eigenvalue weighted by Crippen LogP contribution is 2.32. The maximum atomic E-state index is 12.6. The largest absolute Gasteiger partial charge is 0.399 e. The van der Waals surface area contributed by atoms with Crippen molar-refractivity contribution in [3.63, 3.8) is 0 Å². The first-order valence-corrected chi connectivity index (χ1v) is 9.09.